The van der Waals surface area contributed by atoms with Crippen molar-refractivity contribution in [1.82, 2.24) is 9.88 Å². The van der Waals surface area contributed by atoms with E-state index in [0.29, 0.717) is 19.6 Å². The molecule has 0 fully saturated rings. The minimum Gasteiger partial charge on any atom is -0.494 e. The highest BCUT2D eigenvalue weighted by Gasteiger charge is 2.03. The Balaban J connectivity index is 1.66. The van der Waals surface area contributed by atoms with Crippen LogP contribution >= 0.6 is 0 Å². The SMILES string of the molecule is CCOc1ccc(CC(=O)NCCCn2cccc2)cc1. The van der Waals surface area contributed by atoms with Crippen LogP contribution in [0.1, 0.15) is 18.9 Å². The van der Waals surface area contributed by atoms with E-state index in [1.54, 1.807) is 0 Å². The van der Waals surface area contributed by atoms with Gasteiger partial charge in [-0.25, -0.2) is 0 Å². The predicted octanol–water partition coefficient (Wildman–Crippen LogP) is 2.64. The van der Waals surface area contributed by atoms with Crippen LogP contribution in [0.3, 0.4) is 0 Å². The van der Waals surface area contributed by atoms with Crippen LogP contribution in [-0.2, 0) is 17.8 Å². The van der Waals surface area contributed by atoms with E-state index in [0.717, 1.165) is 24.3 Å². The van der Waals surface area contributed by atoms with Crippen LogP contribution in [-0.4, -0.2) is 23.6 Å². The van der Waals surface area contributed by atoms with Gasteiger partial charge in [-0.1, -0.05) is 12.1 Å². The highest BCUT2D eigenvalue weighted by atomic mass is 16.5. The number of carbonyl (C=O) groups excluding carboxylic acids is 1. The summed E-state index contributed by atoms with van der Waals surface area (Å²) >= 11 is 0. The molecule has 0 bridgehead atoms. The molecule has 0 radical (unpaired) electrons. The average molecular weight is 286 g/mol. The van der Waals surface area contributed by atoms with Gasteiger partial charge in [0.25, 0.3) is 0 Å². The zero-order chi connectivity index (χ0) is 14.9. The lowest BCUT2D eigenvalue weighted by Gasteiger charge is -2.07. The van der Waals surface area contributed by atoms with Gasteiger partial charge < -0.3 is 14.6 Å². The van der Waals surface area contributed by atoms with Crippen molar-refractivity contribution in [3.63, 3.8) is 0 Å². The van der Waals surface area contributed by atoms with Crippen molar-refractivity contribution >= 4 is 5.91 Å². The number of hydrogen-bond donors (Lipinski definition) is 1. The Labute approximate surface area is 125 Å². The van der Waals surface area contributed by atoms with Gasteiger partial charge in [0.15, 0.2) is 0 Å². The first-order chi connectivity index (χ1) is 10.3. The molecule has 21 heavy (non-hydrogen) atoms. The molecule has 0 aliphatic carbocycles. The minimum absolute atomic E-state index is 0.0617. The fourth-order valence-corrected chi connectivity index (χ4v) is 2.13. The van der Waals surface area contributed by atoms with Crippen molar-refractivity contribution in [2.24, 2.45) is 0 Å². The third kappa shape index (κ3) is 5.34. The first kappa shape index (κ1) is 15.2. The smallest absolute Gasteiger partial charge is 0.224 e. The van der Waals surface area contributed by atoms with E-state index < -0.39 is 0 Å². The summed E-state index contributed by atoms with van der Waals surface area (Å²) in [6.45, 7) is 4.24. The molecule has 0 aliphatic rings. The molecule has 1 aromatic heterocycles. The molecule has 1 heterocycles. The Morgan fingerprint density at radius 1 is 1.19 bits per heavy atom. The largest absolute Gasteiger partial charge is 0.494 e. The van der Waals surface area contributed by atoms with Gasteiger partial charge >= 0.3 is 0 Å². The number of amides is 1. The Morgan fingerprint density at radius 2 is 1.90 bits per heavy atom. The number of ether oxygens (including phenoxy) is 1. The highest BCUT2D eigenvalue weighted by molar-refractivity contribution is 5.78. The molecule has 4 heteroatoms. The maximum absolute atomic E-state index is 11.8. The second kappa shape index (κ2) is 8.15. The summed E-state index contributed by atoms with van der Waals surface area (Å²) in [5.41, 5.74) is 1.00. The van der Waals surface area contributed by atoms with Crippen LogP contribution in [0.15, 0.2) is 48.8 Å². The molecular formula is C17H22N2O2. The van der Waals surface area contributed by atoms with Gasteiger partial charge in [0, 0.05) is 25.5 Å². The van der Waals surface area contributed by atoms with Crippen molar-refractivity contribution in [2.75, 3.05) is 13.2 Å². The van der Waals surface area contributed by atoms with Crippen LogP contribution < -0.4 is 10.1 Å². The molecule has 112 valence electrons. The zero-order valence-electron chi connectivity index (χ0n) is 12.4. The summed E-state index contributed by atoms with van der Waals surface area (Å²) < 4.78 is 7.49. The van der Waals surface area contributed by atoms with E-state index >= 15 is 0 Å². The maximum Gasteiger partial charge on any atom is 0.224 e. The monoisotopic (exact) mass is 286 g/mol. The lowest BCUT2D eigenvalue weighted by atomic mass is 10.1. The summed E-state index contributed by atoms with van der Waals surface area (Å²) in [4.78, 5) is 11.8. The molecule has 0 saturated heterocycles. The average Bonchev–Trinajstić information content (AvgIpc) is 2.99. The Hall–Kier alpha value is -2.23. The molecule has 1 amide bonds. The molecule has 0 spiro atoms. The van der Waals surface area contributed by atoms with E-state index in [1.807, 2.05) is 55.7 Å². The normalized spacial score (nSPS) is 10.3. The molecule has 1 aromatic carbocycles. The van der Waals surface area contributed by atoms with Crippen molar-refractivity contribution < 1.29 is 9.53 Å². The fourth-order valence-electron chi connectivity index (χ4n) is 2.13. The van der Waals surface area contributed by atoms with Gasteiger partial charge in [-0.15, -0.1) is 0 Å². The Kier molecular flexibility index (Phi) is 5.88. The summed E-state index contributed by atoms with van der Waals surface area (Å²) in [5, 5.41) is 2.95. The van der Waals surface area contributed by atoms with E-state index in [1.165, 1.54) is 0 Å². The highest BCUT2D eigenvalue weighted by Crippen LogP contribution is 2.12. The molecule has 2 aromatic rings. The number of aryl methyl sites for hydroxylation is 1. The van der Waals surface area contributed by atoms with Crippen LogP contribution in [0.4, 0.5) is 0 Å². The number of carbonyl (C=O) groups is 1. The van der Waals surface area contributed by atoms with Crippen molar-refractivity contribution in [1.29, 1.82) is 0 Å². The number of benzene rings is 1. The van der Waals surface area contributed by atoms with Crippen LogP contribution in [0, 0.1) is 0 Å². The van der Waals surface area contributed by atoms with E-state index in [9.17, 15) is 4.79 Å². The van der Waals surface area contributed by atoms with E-state index in [-0.39, 0.29) is 5.91 Å². The first-order valence-electron chi connectivity index (χ1n) is 7.37. The molecule has 0 saturated carbocycles. The van der Waals surface area contributed by atoms with Crippen LogP contribution in [0.5, 0.6) is 5.75 Å². The van der Waals surface area contributed by atoms with Gasteiger partial charge in [-0.2, -0.15) is 0 Å². The van der Waals surface area contributed by atoms with E-state index in [2.05, 4.69) is 9.88 Å². The predicted molar refractivity (Wildman–Crippen MR) is 83.4 cm³/mol. The summed E-state index contributed by atoms with van der Waals surface area (Å²) in [5.74, 6) is 0.903. The summed E-state index contributed by atoms with van der Waals surface area (Å²) in [6.07, 6.45) is 5.41. The van der Waals surface area contributed by atoms with Crippen molar-refractivity contribution in [2.45, 2.75) is 26.3 Å². The fraction of sp³-hybridized carbons (Fsp3) is 0.353. The lowest BCUT2D eigenvalue weighted by molar-refractivity contribution is -0.120. The Bertz CT molecular complexity index is 532. The third-order valence-corrected chi connectivity index (χ3v) is 3.18. The molecule has 2 rings (SSSR count). The minimum atomic E-state index is 0.0617. The van der Waals surface area contributed by atoms with Gasteiger partial charge in [-0.3, -0.25) is 4.79 Å². The van der Waals surface area contributed by atoms with E-state index in [4.69, 9.17) is 4.74 Å². The lowest BCUT2D eigenvalue weighted by Crippen LogP contribution is -2.26. The first-order valence-corrected chi connectivity index (χ1v) is 7.37. The molecule has 1 N–H and O–H groups in total. The van der Waals surface area contributed by atoms with Gasteiger partial charge in [0.1, 0.15) is 5.75 Å². The number of rotatable bonds is 8. The second-order valence-electron chi connectivity index (χ2n) is 4.88. The molecule has 0 unspecified atom stereocenters. The molecular weight excluding hydrogens is 264 g/mol. The van der Waals surface area contributed by atoms with Crippen molar-refractivity contribution in [3.8, 4) is 5.75 Å². The second-order valence-corrected chi connectivity index (χ2v) is 4.88. The standard InChI is InChI=1S/C17H22N2O2/c1-2-21-16-8-6-15(7-9-16)14-17(20)18-10-5-13-19-11-3-4-12-19/h3-4,6-9,11-12H,2,5,10,13-14H2,1H3,(H,18,20). The van der Waals surface area contributed by atoms with Crippen LogP contribution in [0.2, 0.25) is 0 Å². The Morgan fingerprint density at radius 3 is 2.57 bits per heavy atom. The number of aromatic nitrogens is 1. The van der Waals surface area contributed by atoms with Gasteiger partial charge in [0.05, 0.1) is 13.0 Å². The quantitative estimate of drug-likeness (QED) is 0.758. The molecule has 0 atom stereocenters. The molecule has 4 nitrogen and oxygen atoms in total. The topological polar surface area (TPSA) is 43.3 Å². The zero-order valence-corrected chi connectivity index (χ0v) is 12.4. The number of nitrogens with one attached hydrogen (secondary N) is 1. The third-order valence-electron chi connectivity index (χ3n) is 3.18. The summed E-state index contributed by atoms with van der Waals surface area (Å²) in [7, 11) is 0. The number of hydrogen-bond acceptors (Lipinski definition) is 2. The van der Waals surface area contributed by atoms with Crippen molar-refractivity contribution in [3.05, 3.63) is 54.4 Å². The van der Waals surface area contributed by atoms with Gasteiger partial charge in [0.2, 0.25) is 5.91 Å². The number of nitrogens with zero attached hydrogens (tertiary/aromatic N) is 1. The maximum atomic E-state index is 11.8. The van der Waals surface area contributed by atoms with Crippen LogP contribution in [0.25, 0.3) is 0 Å². The summed E-state index contributed by atoms with van der Waals surface area (Å²) in [6, 6.07) is 11.7. The van der Waals surface area contributed by atoms with Gasteiger partial charge in [-0.05, 0) is 43.2 Å². The molecule has 0 aliphatic heterocycles.